The van der Waals surface area contributed by atoms with Crippen molar-refractivity contribution >= 4 is 5.91 Å². The Hall–Kier alpha value is -1.36. The summed E-state index contributed by atoms with van der Waals surface area (Å²) < 4.78 is 5.32. The lowest BCUT2D eigenvalue weighted by atomic mass is 9.98. The number of H-pyrrole nitrogens is 1. The van der Waals surface area contributed by atoms with E-state index in [0.29, 0.717) is 11.8 Å². The SMILES string of the molecule is Cc1cn[nH]c1C1CCN(C(=O)C2CCOCC2)C1. The highest BCUT2D eigenvalue weighted by atomic mass is 16.5. The van der Waals surface area contributed by atoms with Crippen LogP contribution in [0.1, 0.15) is 36.4 Å². The Labute approximate surface area is 113 Å². The van der Waals surface area contributed by atoms with Gasteiger partial charge in [0.05, 0.1) is 6.20 Å². The molecular formula is C14H21N3O2. The van der Waals surface area contributed by atoms with E-state index in [1.807, 2.05) is 11.1 Å². The molecule has 104 valence electrons. The third-order valence-electron chi connectivity index (χ3n) is 4.35. The average molecular weight is 263 g/mol. The van der Waals surface area contributed by atoms with E-state index in [1.54, 1.807) is 0 Å². The second-order valence-corrected chi connectivity index (χ2v) is 5.62. The van der Waals surface area contributed by atoms with Gasteiger partial charge in [0.15, 0.2) is 0 Å². The summed E-state index contributed by atoms with van der Waals surface area (Å²) >= 11 is 0. The van der Waals surface area contributed by atoms with Gasteiger partial charge >= 0.3 is 0 Å². The van der Waals surface area contributed by atoms with Crippen molar-refractivity contribution in [3.05, 3.63) is 17.5 Å². The van der Waals surface area contributed by atoms with E-state index in [9.17, 15) is 4.79 Å². The zero-order chi connectivity index (χ0) is 13.2. The highest BCUT2D eigenvalue weighted by Gasteiger charge is 2.33. The second-order valence-electron chi connectivity index (χ2n) is 5.62. The molecular weight excluding hydrogens is 242 g/mol. The number of hydrogen-bond acceptors (Lipinski definition) is 3. The summed E-state index contributed by atoms with van der Waals surface area (Å²) in [7, 11) is 0. The number of carbonyl (C=O) groups excluding carboxylic acids is 1. The van der Waals surface area contributed by atoms with Crippen molar-refractivity contribution in [1.29, 1.82) is 0 Å². The van der Waals surface area contributed by atoms with Crippen LogP contribution < -0.4 is 0 Å². The number of aromatic nitrogens is 2. The molecule has 2 fully saturated rings. The van der Waals surface area contributed by atoms with Crippen LogP contribution in [0.2, 0.25) is 0 Å². The Bertz CT molecular complexity index is 451. The fraction of sp³-hybridized carbons (Fsp3) is 0.714. The first-order chi connectivity index (χ1) is 9.25. The summed E-state index contributed by atoms with van der Waals surface area (Å²) in [6.07, 6.45) is 4.66. The minimum Gasteiger partial charge on any atom is -0.381 e. The summed E-state index contributed by atoms with van der Waals surface area (Å²) in [5.74, 6) is 0.921. The van der Waals surface area contributed by atoms with E-state index in [1.165, 1.54) is 11.3 Å². The summed E-state index contributed by atoms with van der Waals surface area (Å²) in [5, 5.41) is 7.16. The lowest BCUT2D eigenvalue weighted by molar-refractivity contribution is -0.137. The molecule has 5 nitrogen and oxygen atoms in total. The highest BCUT2D eigenvalue weighted by molar-refractivity contribution is 5.79. The van der Waals surface area contributed by atoms with E-state index in [0.717, 1.165) is 45.6 Å². The van der Waals surface area contributed by atoms with Crippen LogP contribution in [0.3, 0.4) is 0 Å². The lowest BCUT2D eigenvalue weighted by Crippen LogP contribution is -2.37. The van der Waals surface area contributed by atoms with E-state index >= 15 is 0 Å². The zero-order valence-corrected chi connectivity index (χ0v) is 11.4. The molecule has 3 rings (SSSR count). The van der Waals surface area contributed by atoms with Gasteiger partial charge in [-0.1, -0.05) is 0 Å². The van der Waals surface area contributed by atoms with Crippen molar-refractivity contribution in [1.82, 2.24) is 15.1 Å². The van der Waals surface area contributed by atoms with Crippen LogP contribution in [0.25, 0.3) is 0 Å². The monoisotopic (exact) mass is 263 g/mol. The molecule has 1 atom stereocenters. The molecule has 1 amide bonds. The Kier molecular flexibility index (Phi) is 3.55. The normalized spacial score (nSPS) is 24.9. The van der Waals surface area contributed by atoms with Crippen molar-refractivity contribution in [3.8, 4) is 0 Å². The van der Waals surface area contributed by atoms with Crippen LogP contribution in [0.4, 0.5) is 0 Å². The highest BCUT2D eigenvalue weighted by Crippen LogP contribution is 2.29. The Morgan fingerprint density at radius 3 is 2.89 bits per heavy atom. The van der Waals surface area contributed by atoms with Gasteiger partial charge in [-0.05, 0) is 31.7 Å². The van der Waals surface area contributed by atoms with Gasteiger partial charge in [0.1, 0.15) is 0 Å². The summed E-state index contributed by atoms with van der Waals surface area (Å²) in [6.45, 7) is 5.24. The number of hydrogen-bond donors (Lipinski definition) is 1. The fourth-order valence-electron chi connectivity index (χ4n) is 3.17. The lowest BCUT2D eigenvalue weighted by Gasteiger charge is -2.26. The van der Waals surface area contributed by atoms with Crippen LogP contribution >= 0.6 is 0 Å². The van der Waals surface area contributed by atoms with Gasteiger partial charge in [-0.15, -0.1) is 0 Å². The molecule has 1 N–H and O–H groups in total. The maximum absolute atomic E-state index is 12.4. The number of amides is 1. The fourth-order valence-corrected chi connectivity index (χ4v) is 3.17. The van der Waals surface area contributed by atoms with E-state index < -0.39 is 0 Å². The van der Waals surface area contributed by atoms with Crippen LogP contribution in [-0.2, 0) is 9.53 Å². The Morgan fingerprint density at radius 2 is 2.21 bits per heavy atom. The van der Waals surface area contributed by atoms with E-state index in [4.69, 9.17) is 4.74 Å². The zero-order valence-electron chi connectivity index (χ0n) is 11.4. The largest absolute Gasteiger partial charge is 0.381 e. The Balaban J connectivity index is 1.62. The third kappa shape index (κ3) is 2.52. The minimum atomic E-state index is 0.176. The predicted octanol–water partition coefficient (Wildman–Crippen LogP) is 1.46. The molecule has 0 spiro atoms. The van der Waals surface area contributed by atoms with E-state index in [-0.39, 0.29) is 5.92 Å². The molecule has 5 heteroatoms. The van der Waals surface area contributed by atoms with Gasteiger partial charge in [0.25, 0.3) is 0 Å². The van der Waals surface area contributed by atoms with Gasteiger partial charge in [0, 0.05) is 43.8 Å². The molecule has 2 aliphatic rings. The van der Waals surface area contributed by atoms with Gasteiger partial charge in [-0.2, -0.15) is 5.10 Å². The quantitative estimate of drug-likeness (QED) is 0.879. The number of aromatic amines is 1. The van der Waals surface area contributed by atoms with E-state index in [2.05, 4.69) is 17.1 Å². The van der Waals surface area contributed by atoms with Crippen molar-refractivity contribution in [3.63, 3.8) is 0 Å². The third-order valence-corrected chi connectivity index (χ3v) is 4.35. The number of nitrogens with zero attached hydrogens (tertiary/aromatic N) is 2. The average Bonchev–Trinajstić information content (AvgIpc) is 3.07. The number of rotatable bonds is 2. The molecule has 0 aliphatic carbocycles. The number of ether oxygens (including phenoxy) is 1. The first-order valence-corrected chi connectivity index (χ1v) is 7.12. The van der Waals surface area contributed by atoms with Crippen molar-refractivity contribution in [2.24, 2.45) is 5.92 Å². The number of likely N-dealkylation sites (tertiary alicyclic amines) is 1. The van der Waals surface area contributed by atoms with Gasteiger partial charge < -0.3 is 9.64 Å². The molecule has 1 aromatic rings. The maximum Gasteiger partial charge on any atom is 0.225 e. The number of aryl methyl sites for hydroxylation is 1. The standard InChI is InChI=1S/C14H21N3O2/c1-10-8-15-16-13(10)12-2-5-17(9-12)14(18)11-3-6-19-7-4-11/h8,11-12H,2-7,9H2,1H3,(H,15,16). The first kappa shape index (κ1) is 12.7. The van der Waals surface area contributed by atoms with Gasteiger partial charge in [0.2, 0.25) is 5.91 Å². The van der Waals surface area contributed by atoms with Crippen LogP contribution in [0.5, 0.6) is 0 Å². The molecule has 3 heterocycles. The van der Waals surface area contributed by atoms with Gasteiger partial charge in [-0.3, -0.25) is 9.89 Å². The van der Waals surface area contributed by atoms with Crippen LogP contribution in [-0.4, -0.2) is 47.3 Å². The molecule has 0 bridgehead atoms. The molecule has 0 aromatic carbocycles. The predicted molar refractivity (Wildman–Crippen MR) is 70.8 cm³/mol. The number of nitrogens with one attached hydrogen (secondary N) is 1. The topological polar surface area (TPSA) is 58.2 Å². The second kappa shape index (κ2) is 5.33. The summed E-state index contributed by atoms with van der Waals surface area (Å²) in [4.78, 5) is 14.5. The maximum atomic E-state index is 12.4. The summed E-state index contributed by atoms with van der Waals surface area (Å²) in [5.41, 5.74) is 2.40. The van der Waals surface area contributed by atoms with Gasteiger partial charge in [-0.25, -0.2) is 0 Å². The smallest absolute Gasteiger partial charge is 0.225 e. The molecule has 2 saturated heterocycles. The van der Waals surface area contributed by atoms with Crippen LogP contribution in [0.15, 0.2) is 6.20 Å². The Morgan fingerprint density at radius 1 is 1.42 bits per heavy atom. The molecule has 2 aliphatic heterocycles. The molecule has 0 radical (unpaired) electrons. The van der Waals surface area contributed by atoms with Crippen molar-refractivity contribution < 1.29 is 9.53 Å². The molecule has 1 unspecified atom stereocenters. The van der Waals surface area contributed by atoms with Crippen molar-refractivity contribution in [2.45, 2.75) is 32.1 Å². The molecule has 0 saturated carbocycles. The first-order valence-electron chi connectivity index (χ1n) is 7.12. The summed E-state index contributed by atoms with van der Waals surface area (Å²) in [6, 6.07) is 0. The number of carbonyl (C=O) groups is 1. The minimum absolute atomic E-state index is 0.176. The molecule has 19 heavy (non-hydrogen) atoms. The molecule has 1 aromatic heterocycles. The van der Waals surface area contributed by atoms with Crippen molar-refractivity contribution in [2.75, 3.05) is 26.3 Å². The van der Waals surface area contributed by atoms with Crippen LogP contribution in [0, 0.1) is 12.8 Å².